The van der Waals surface area contributed by atoms with Gasteiger partial charge < -0.3 is 4.74 Å². The van der Waals surface area contributed by atoms with Crippen LogP contribution in [0.5, 0.6) is 0 Å². The van der Waals surface area contributed by atoms with Crippen LogP contribution in [0.25, 0.3) is 5.76 Å². The number of nitro groups is 1. The van der Waals surface area contributed by atoms with E-state index in [1.54, 1.807) is 42.5 Å². The van der Waals surface area contributed by atoms with Gasteiger partial charge in [-0.3, -0.25) is 10.1 Å². The molecule has 2 aromatic carbocycles. The normalized spacial score (nSPS) is 9.25. The number of allylic oxidation sites excluding steroid dienone is 1. The van der Waals surface area contributed by atoms with Crippen molar-refractivity contribution in [1.82, 2.24) is 0 Å². The molecule has 0 aliphatic heterocycles. The number of nitro benzene ring substituents is 1. The van der Waals surface area contributed by atoms with E-state index in [0.29, 0.717) is 5.56 Å². The molecule has 0 unspecified atom stereocenters. The molecular formula is C17H9N3O4. The van der Waals surface area contributed by atoms with Gasteiger partial charge in [-0.15, -0.1) is 0 Å². The number of ether oxygens (including phenoxy) is 1. The van der Waals surface area contributed by atoms with E-state index in [2.05, 4.69) is 0 Å². The second kappa shape index (κ2) is 7.34. The Labute approximate surface area is 136 Å². The van der Waals surface area contributed by atoms with Gasteiger partial charge in [0.05, 0.1) is 4.92 Å². The lowest BCUT2D eigenvalue weighted by Gasteiger charge is -2.09. The van der Waals surface area contributed by atoms with E-state index in [4.69, 9.17) is 15.3 Å². The van der Waals surface area contributed by atoms with Gasteiger partial charge in [-0.1, -0.05) is 42.5 Å². The number of hydrogen-bond donors (Lipinski definition) is 0. The van der Waals surface area contributed by atoms with Crippen molar-refractivity contribution < 1.29 is 14.5 Å². The zero-order chi connectivity index (χ0) is 17.5. The molecule has 0 amide bonds. The first kappa shape index (κ1) is 16.4. The Hall–Kier alpha value is -3.97. The molecule has 24 heavy (non-hydrogen) atoms. The standard InChI is InChI=1S/C17H9N3O4/c18-10-13(11-19)16(12-6-2-1-3-7-12)24-17(21)14-8-4-5-9-15(14)20(22)23/h1-9H. The summed E-state index contributed by atoms with van der Waals surface area (Å²) in [6, 6.07) is 16.7. The molecule has 0 fully saturated rings. The molecule has 0 heterocycles. The molecular weight excluding hydrogens is 310 g/mol. The third-order valence-electron chi connectivity index (χ3n) is 3.00. The molecule has 0 bridgehead atoms. The molecule has 0 saturated carbocycles. The van der Waals surface area contributed by atoms with Crippen LogP contribution in [-0.4, -0.2) is 10.9 Å². The molecule has 7 nitrogen and oxygen atoms in total. The molecule has 0 aliphatic carbocycles. The summed E-state index contributed by atoms with van der Waals surface area (Å²) in [5.74, 6) is -1.27. The van der Waals surface area contributed by atoms with Crippen molar-refractivity contribution in [3.63, 3.8) is 0 Å². The minimum atomic E-state index is -1.02. The van der Waals surface area contributed by atoms with Gasteiger partial charge in [0, 0.05) is 11.6 Å². The largest absolute Gasteiger partial charge is 0.420 e. The summed E-state index contributed by atoms with van der Waals surface area (Å²) in [4.78, 5) is 22.6. The average Bonchev–Trinajstić information content (AvgIpc) is 2.62. The smallest absolute Gasteiger partial charge is 0.350 e. The Morgan fingerprint density at radius 2 is 1.58 bits per heavy atom. The topological polar surface area (TPSA) is 117 Å². The Bertz CT molecular complexity index is 889. The molecule has 0 aromatic heterocycles. The van der Waals surface area contributed by atoms with Crippen LogP contribution in [0.2, 0.25) is 0 Å². The number of nitrogens with zero attached hydrogens (tertiary/aromatic N) is 3. The highest BCUT2D eigenvalue weighted by molar-refractivity contribution is 5.97. The van der Waals surface area contributed by atoms with E-state index in [0.717, 1.165) is 6.07 Å². The fourth-order valence-electron chi connectivity index (χ4n) is 1.92. The number of para-hydroxylation sites is 1. The van der Waals surface area contributed by atoms with Gasteiger partial charge in [0.25, 0.3) is 5.69 Å². The van der Waals surface area contributed by atoms with Gasteiger partial charge in [-0.2, -0.15) is 10.5 Å². The zero-order valence-electron chi connectivity index (χ0n) is 12.2. The third kappa shape index (κ3) is 3.43. The monoisotopic (exact) mass is 319 g/mol. The first-order valence-corrected chi connectivity index (χ1v) is 6.64. The first-order valence-electron chi connectivity index (χ1n) is 6.64. The number of carbonyl (C=O) groups excluding carboxylic acids is 1. The van der Waals surface area contributed by atoms with Crippen molar-refractivity contribution in [2.45, 2.75) is 0 Å². The Morgan fingerprint density at radius 1 is 1.00 bits per heavy atom. The predicted octanol–water partition coefficient (Wildman–Crippen LogP) is 3.21. The summed E-state index contributed by atoms with van der Waals surface area (Å²) >= 11 is 0. The number of benzene rings is 2. The molecule has 0 N–H and O–H groups in total. The van der Waals surface area contributed by atoms with Crippen LogP contribution < -0.4 is 0 Å². The van der Waals surface area contributed by atoms with Gasteiger partial charge in [0.1, 0.15) is 17.7 Å². The van der Waals surface area contributed by atoms with Crippen molar-refractivity contribution in [2.75, 3.05) is 0 Å². The SMILES string of the molecule is N#CC(C#N)=C(OC(=O)c1ccccc1[N+](=O)[O-])c1ccccc1. The fraction of sp³-hybridized carbons (Fsp3) is 0. The summed E-state index contributed by atoms with van der Waals surface area (Å²) < 4.78 is 5.15. The zero-order valence-corrected chi connectivity index (χ0v) is 12.2. The summed E-state index contributed by atoms with van der Waals surface area (Å²) in [7, 11) is 0. The lowest BCUT2D eigenvalue weighted by molar-refractivity contribution is -0.385. The van der Waals surface area contributed by atoms with Crippen LogP contribution in [-0.2, 0) is 4.74 Å². The van der Waals surface area contributed by atoms with Crippen LogP contribution in [0, 0.1) is 32.8 Å². The van der Waals surface area contributed by atoms with E-state index in [9.17, 15) is 14.9 Å². The van der Waals surface area contributed by atoms with Crippen LogP contribution >= 0.6 is 0 Å². The highest BCUT2D eigenvalue weighted by atomic mass is 16.6. The van der Waals surface area contributed by atoms with Crippen molar-refractivity contribution in [3.8, 4) is 12.1 Å². The second-order valence-electron chi connectivity index (χ2n) is 4.46. The number of esters is 1. The Morgan fingerprint density at radius 3 is 2.17 bits per heavy atom. The van der Waals surface area contributed by atoms with Crippen LogP contribution in [0.4, 0.5) is 5.69 Å². The van der Waals surface area contributed by atoms with Crippen LogP contribution in [0.15, 0.2) is 60.2 Å². The molecule has 0 aliphatic rings. The predicted molar refractivity (Wildman–Crippen MR) is 83.1 cm³/mol. The lowest BCUT2D eigenvalue weighted by atomic mass is 10.1. The lowest BCUT2D eigenvalue weighted by Crippen LogP contribution is -2.09. The van der Waals surface area contributed by atoms with Crippen molar-refractivity contribution in [3.05, 3.63) is 81.4 Å². The number of nitriles is 2. The van der Waals surface area contributed by atoms with Gasteiger partial charge >= 0.3 is 5.97 Å². The minimum Gasteiger partial charge on any atom is -0.420 e. The third-order valence-corrected chi connectivity index (χ3v) is 3.00. The van der Waals surface area contributed by atoms with E-state index in [-0.39, 0.29) is 11.3 Å². The number of hydrogen-bond acceptors (Lipinski definition) is 6. The maximum Gasteiger partial charge on any atom is 0.350 e. The molecule has 2 aromatic rings. The average molecular weight is 319 g/mol. The Kier molecular flexibility index (Phi) is 5.02. The highest BCUT2D eigenvalue weighted by Gasteiger charge is 2.23. The van der Waals surface area contributed by atoms with Crippen LogP contribution in [0.1, 0.15) is 15.9 Å². The summed E-state index contributed by atoms with van der Waals surface area (Å²) in [5, 5.41) is 29.1. The van der Waals surface area contributed by atoms with E-state index in [1.165, 1.54) is 18.2 Å². The van der Waals surface area contributed by atoms with Crippen molar-refractivity contribution in [2.24, 2.45) is 0 Å². The Balaban J connectivity index is 2.48. The van der Waals surface area contributed by atoms with Gasteiger partial charge in [-0.05, 0) is 6.07 Å². The number of rotatable bonds is 4. The van der Waals surface area contributed by atoms with E-state index in [1.807, 2.05) is 0 Å². The molecule has 0 spiro atoms. The highest BCUT2D eigenvalue weighted by Crippen LogP contribution is 2.25. The molecule has 116 valence electrons. The van der Waals surface area contributed by atoms with E-state index < -0.39 is 22.2 Å². The van der Waals surface area contributed by atoms with Crippen molar-refractivity contribution >= 4 is 17.4 Å². The van der Waals surface area contributed by atoms with Crippen molar-refractivity contribution in [1.29, 1.82) is 10.5 Å². The maximum absolute atomic E-state index is 12.3. The van der Waals surface area contributed by atoms with Gasteiger partial charge in [0.2, 0.25) is 0 Å². The summed E-state index contributed by atoms with van der Waals surface area (Å²) in [5.41, 5.74) is -0.771. The summed E-state index contributed by atoms with van der Waals surface area (Å²) in [6.45, 7) is 0. The molecule has 0 saturated heterocycles. The maximum atomic E-state index is 12.3. The molecule has 0 radical (unpaired) electrons. The molecule has 2 rings (SSSR count). The summed E-state index contributed by atoms with van der Waals surface area (Å²) in [6.07, 6.45) is 0. The van der Waals surface area contributed by atoms with Gasteiger partial charge in [0.15, 0.2) is 11.3 Å². The molecule has 0 atom stereocenters. The quantitative estimate of drug-likeness (QED) is 0.281. The second-order valence-corrected chi connectivity index (χ2v) is 4.46. The first-order chi connectivity index (χ1) is 11.6. The molecule has 7 heteroatoms. The van der Waals surface area contributed by atoms with Gasteiger partial charge in [-0.25, -0.2) is 4.79 Å². The fourth-order valence-corrected chi connectivity index (χ4v) is 1.92. The minimum absolute atomic E-state index is 0.247. The van der Waals surface area contributed by atoms with Crippen LogP contribution in [0.3, 0.4) is 0 Å². The number of carbonyl (C=O) groups is 1. The van der Waals surface area contributed by atoms with E-state index >= 15 is 0 Å².